The minimum absolute atomic E-state index is 0. The lowest BCUT2D eigenvalue weighted by Gasteiger charge is -2.19. The van der Waals surface area contributed by atoms with Crippen LogP contribution in [0.4, 0.5) is 4.79 Å². The first kappa shape index (κ1) is 20.0. The number of imide groups is 1. The number of guanidine groups is 1. The average Bonchev–Trinajstić information content (AvgIpc) is 3.14. The highest BCUT2D eigenvalue weighted by Crippen LogP contribution is 2.28. The molecular formula is C15H28IN5O2. The summed E-state index contributed by atoms with van der Waals surface area (Å²) in [6.07, 6.45) is 2.47. The van der Waals surface area contributed by atoms with Gasteiger partial charge < -0.3 is 16.0 Å². The van der Waals surface area contributed by atoms with Gasteiger partial charge in [-0.15, -0.1) is 24.0 Å². The minimum atomic E-state index is -0.746. The van der Waals surface area contributed by atoms with Crippen LogP contribution in [0.5, 0.6) is 0 Å². The van der Waals surface area contributed by atoms with Crippen LogP contribution in [0.3, 0.4) is 0 Å². The Labute approximate surface area is 155 Å². The normalized spacial score (nSPS) is 29.9. The van der Waals surface area contributed by atoms with Crippen LogP contribution < -0.4 is 16.0 Å². The number of hydrogen-bond donors (Lipinski definition) is 3. The monoisotopic (exact) mass is 437 g/mol. The summed E-state index contributed by atoms with van der Waals surface area (Å²) < 4.78 is 0. The second kappa shape index (κ2) is 8.16. The lowest BCUT2D eigenvalue weighted by atomic mass is 9.99. The van der Waals surface area contributed by atoms with Crippen molar-refractivity contribution < 1.29 is 9.59 Å². The highest BCUT2D eigenvalue weighted by molar-refractivity contribution is 14.0. The maximum atomic E-state index is 12.2. The number of nitrogens with zero attached hydrogens (tertiary/aromatic N) is 2. The lowest BCUT2D eigenvalue weighted by molar-refractivity contribution is -0.130. The number of amides is 3. The third-order valence-corrected chi connectivity index (χ3v) is 4.56. The van der Waals surface area contributed by atoms with Crippen molar-refractivity contribution >= 4 is 41.9 Å². The molecule has 0 spiro atoms. The molecule has 7 nitrogen and oxygen atoms in total. The van der Waals surface area contributed by atoms with Crippen LogP contribution in [0.1, 0.15) is 40.0 Å². The molecule has 132 valence electrons. The number of nitrogens with one attached hydrogen (secondary N) is 3. The van der Waals surface area contributed by atoms with E-state index in [1.54, 1.807) is 14.0 Å². The van der Waals surface area contributed by atoms with E-state index in [9.17, 15) is 9.59 Å². The molecule has 8 heteroatoms. The Hall–Kier alpha value is -1.06. The molecule has 3 N–H and O–H groups in total. The molecule has 0 radical (unpaired) electrons. The molecule has 2 aliphatic rings. The van der Waals surface area contributed by atoms with Gasteiger partial charge in [0, 0.05) is 26.2 Å². The Bertz CT molecular complexity index is 484. The van der Waals surface area contributed by atoms with Crippen molar-refractivity contribution in [2.45, 2.75) is 51.6 Å². The maximum Gasteiger partial charge on any atom is 0.325 e. The molecule has 1 aliphatic carbocycles. The van der Waals surface area contributed by atoms with Gasteiger partial charge in [0.15, 0.2) is 5.96 Å². The molecule has 0 bridgehead atoms. The summed E-state index contributed by atoms with van der Waals surface area (Å²) in [5.41, 5.74) is -0.746. The van der Waals surface area contributed by atoms with E-state index in [0.29, 0.717) is 37.9 Å². The fourth-order valence-electron chi connectivity index (χ4n) is 2.53. The van der Waals surface area contributed by atoms with Crippen LogP contribution in [0, 0.1) is 5.92 Å². The zero-order chi connectivity index (χ0) is 16.3. The van der Waals surface area contributed by atoms with E-state index in [-0.39, 0.29) is 35.9 Å². The molecule has 0 aromatic carbocycles. The van der Waals surface area contributed by atoms with Crippen LogP contribution in [0.2, 0.25) is 0 Å². The van der Waals surface area contributed by atoms with Crippen molar-refractivity contribution in [2.24, 2.45) is 10.9 Å². The fourth-order valence-corrected chi connectivity index (χ4v) is 2.53. The number of carbonyl (C=O) groups is 2. The summed E-state index contributed by atoms with van der Waals surface area (Å²) >= 11 is 0. The van der Waals surface area contributed by atoms with E-state index in [1.807, 2.05) is 6.92 Å². The topological polar surface area (TPSA) is 85.8 Å². The van der Waals surface area contributed by atoms with E-state index in [1.165, 1.54) is 11.3 Å². The quantitative estimate of drug-likeness (QED) is 0.192. The first-order valence-electron chi connectivity index (χ1n) is 8.02. The van der Waals surface area contributed by atoms with Crippen LogP contribution in [-0.4, -0.2) is 54.5 Å². The summed E-state index contributed by atoms with van der Waals surface area (Å²) in [5.74, 6) is 1.36. The van der Waals surface area contributed by atoms with Crippen molar-refractivity contribution in [3.63, 3.8) is 0 Å². The van der Waals surface area contributed by atoms with Gasteiger partial charge in [0.2, 0.25) is 0 Å². The Morgan fingerprint density at radius 3 is 2.61 bits per heavy atom. The van der Waals surface area contributed by atoms with Gasteiger partial charge in [0.25, 0.3) is 5.91 Å². The molecule has 3 unspecified atom stereocenters. The third kappa shape index (κ3) is 4.71. The molecule has 3 amide bonds. The molecule has 2 fully saturated rings. The van der Waals surface area contributed by atoms with Crippen molar-refractivity contribution in [1.82, 2.24) is 20.9 Å². The number of aliphatic imine (C=N–C) groups is 1. The Morgan fingerprint density at radius 2 is 2.13 bits per heavy atom. The zero-order valence-corrected chi connectivity index (χ0v) is 16.6. The number of urea groups is 1. The van der Waals surface area contributed by atoms with Gasteiger partial charge in [0.05, 0.1) is 0 Å². The number of carbonyl (C=O) groups excluding carboxylic acids is 2. The second-order valence-electron chi connectivity index (χ2n) is 6.39. The third-order valence-electron chi connectivity index (χ3n) is 4.56. The van der Waals surface area contributed by atoms with Gasteiger partial charge in [-0.05, 0) is 32.1 Å². The Morgan fingerprint density at radius 1 is 1.48 bits per heavy atom. The van der Waals surface area contributed by atoms with Gasteiger partial charge >= 0.3 is 6.03 Å². The van der Waals surface area contributed by atoms with Crippen molar-refractivity contribution in [3.05, 3.63) is 0 Å². The van der Waals surface area contributed by atoms with Crippen LogP contribution in [0.25, 0.3) is 0 Å². The maximum absolute atomic E-state index is 12.2. The average molecular weight is 437 g/mol. The summed E-state index contributed by atoms with van der Waals surface area (Å²) in [5, 5.41) is 9.32. The van der Waals surface area contributed by atoms with E-state index in [2.05, 4.69) is 27.9 Å². The number of rotatable bonds is 6. The van der Waals surface area contributed by atoms with E-state index in [4.69, 9.17) is 0 Å². The number of hydrogen-bond acceptors (Lipinski definition) is 3. The molecule has 1 aliphatic heterocycles. The van der Waals surface area contributed by atoms with E-state index < -0.39 is 5.54 Å². The van der Waals surface area contributed by atoms with Gasteiger partial charge in [-0.3, -0.25) is 14.7 Å². The predicted molar refractivity (Wildman–Crippen MR) is 101 cm³/mol. The SMILES string of the molecule is CCC1(C)NC(=O)N(CCCNC(=NC)NC2CC2C)C1=O.I. The molecule has 23 heavy (non-hydrogen) atoms. The lowest BCUT2D eigenvalue weighted by Crippen LogP contribution is -2.43. The Kier molecular flexibility index (Phi) is 7.09. The van der Waals surface area contributed by atoms with Crippen molar-refractivity contribution in [1.29, 1.82) is 0 Å². The molecule has 1 saturated carbocycles. The van der Waals surface area contributed by atoms with E-state index >= 15 is 0 Å². The molecule has 0 aromatic rings. The standard InChI is InChI=1S/C15H27N5O2.HI/c1-5-15(3)12(21)20(14(22)19-15)8-6-7-17-13(16-4)18-11-9-10(11)2;/h10-11H,5-9H2,1-4H3,(H,19,22)(H2,16,17,18);1H. The van der Waals surface area contributed by atoms with Crippen molar-refractivity contribution in [3.8, 4) is 0 Å². The molecule has 1 saturated heterocycles. The van der Waals surface area contributed by atoms with Gasteiger partial charge in [0.1, 0.15) is 5.54 Å². The Balaban J connectivity index is 0.00000264. The highest BCUT2D eigenvalue weighted by atomic mass is 127. The first-order valence-corrected chi connectivity index (χ1v) is 8.02. The summed E-state index contributed by atoms with van der Waals surface area (Å²) in [7, 11) is 1.74. The van der Waals surface area contributed by atoms with E-state index in [0.717, 1.165) is 5.96 Å². The summed E-state index contributed by atoms with van der Waals surface area (Å²) in [4.78, 5) is 29.6. The molecule has 0 aromatic heterocycles. The highest BCUT2D eigenvalue weighted by Gasteiger charge is 2.45. The van der Waals surface area contributed by atoms with Gasteiger partial charge in [-0.1, -0.05) is 13.8 Å². The summed E-state index contributed by atoms with van der Waals surface area (Å²) in [6, 6.07) is 0.228. The van der Waals surface area contributed by atoms with Gasteiger partial charge in [-0.25, -0.2) is 4.79 Å². The zero-order valence-electron chi connectivity index (χ0n) is 14.3. The van der Waals surface area contributed by atoms with Crippen LogP contribution >= 0.6 is 24.0 Å². The molecule has 1 heterocycles. The first-order chi connectivity index (χ1) is 10.4. The summed E-state index contributed by atoms with van der Waals surface area (Å²) in [6.45, 7) is 6.96. The number of halogens is 1. The second-order valence-corrected chi connectivity index (χ2v) is 6.39. The molecular weight excluding hydrogens is 409 g/mol. The van der Waals surface area contributed by atoms with Gasteiger partial charge in [-0.2, -0.15) is 0 Å². The molecule has 3 atom stereocenters. The van der Waals surface area contributed by atoms with Crippen molar-refractivity contribution in [2.75, 3.05) is 20.1 Å². The predicted octanol–water partition coefficient (Wildman–Crippen LogP) is 1.29. The van der Waals surface area contributed by atoms with Crippen LogP contribution in [0.15, 0.2) is 4.99 Å². The smallest absolute Gasteiger partial charge is 0.325 e. The largest absolute Gasteiger partial charge is 0.356 e. The fraction of sp³-hybridized carbons (Fsp3) is 0.800. The molecule has 2 rings (SSSR count). The van der Waals surface area contributed by atoms with Crippen LogP contribution in [-0.2, 0) is 4.79 Å². The minimum Gasteiger partial charge on any atom is -0.356 e.